The lowest BCUT2D eigenvalue weighted by Crippen LogP contribution is -2.49. The Bertz CT molecular complexity index is 421. The quantitative estimate of drug-likeness (QED) is 0.913. The molecular weight excluding hydrogens is 258 g/mol. The number of piperidine rings is 1. The Hall–Kier alpha value is -1.59. The first-order chi connectivity index (χ1) is 9.69. The number of aliphatic hydroxyl groups excluding tert-OH is 1. The third-order valence-electron chi connectivity index (χ3n) is 3.86. The van der Waals surface area contributed by atoms with Crippen molar-refractivity contribution in [1.82, 2.24) is 4.90 Å². The van der Waals surface area contributed by atoms with Crippen LogP contribution in [0.2, 0.25) is 0 Å². The van der Waals surface area contributed by atoms with Crippen LogP contribution < -0.4 is 0 Å². The van der Waals surface area contributed by atoms with Crippen LogP contribution in [0.25, 0.3) is 0 Å². The number of likely N-dealkylation sites (tertiary alicyclic amines) is 1. The maximum absolute atomic E-state index is 12.0. The number of hydrogen-bond donors (Lipinski definition) is 1. The van der Waals surface area contributed by atoms with Crippen LogP contribution in [0.4, 0.5) is 4.79 Å². The van der Waals surface area contributed by atoms with Gasteiger partial charge in [-0.3, -0.25) is 0 Å². The Balaban J connectivity index is 1.80. The summed E-state index contributed by atoms with van der Waals surface area (Å²) in [5.74, 6) is 0. The molecule has 5 heteroatoms. The van der Waals surface area contributed by atoms with Crippen molar-refractivity contribution in [2.45, 2.75) is 25.0 Å². The summed E-state index contributed by atoms with van der Waals surface area (Å²) in [6.07, 6.45) is 0.942. The van der Waals surface area contributed by atoms with Crippen molar-refractivity contribution in [3.05, 3.63) is 35.9 Å². The Morgan fingerprint density at radius 2 is 1.95 bits per heavy atom. The van der Waals surface area contributed by atoms with E-state index in [0.29, 0.717) is 25.9 Å². The molecule has 2 rings (SSSR count). The molecule has 0 aliphatic carbocycles. The van der Waals surface area contributed by atoms with Crippen LogP contribution in [-0.2, 0) is 16.1 Å². The number of amides is 1. The van der Waals surface area contributed by atoms with E-state index in [9.17, 15) is 9.90 Å². The average Bonchev–Trinajstić information content (AvgIpc) is 2.53. The average molecular weight is 279 g/mol. The van der Waals surface area contributed by atoms with E-state index >= 15 is 0 Å². The molecule has 5 nitrogen and oxygen atoms in total. The lowest BCUT2D eigenvalue weighted by Gasteiger charge is -2.39. The third-order valence-corrected chi connectivity index (χ3v) is 3.86. The van der Waals surface area contributed by atoms with Crippen molar-refractivity contribution in [3.63, 3.8) is 0 Å². The van der Waals surface area contributed by atoms with Gasteiger partial charge in [-0.1, -0.05) is 30.3 Å². The predicted molar refractivity (Wildman–Crippen MR) is 74.3 cm³/mol. The van der Waals surface area contributed by atoms with Crippen LogP contribution in [0.1, 0.15) is 18.4 Å². The maximum atomic E-state index is 12.0. The number of carbonyl (C=O) groups is 1. The number of ether oxygens (including phenoxy) is 2. The molecule has 1 aliphatic heterocycles. The van der Waals surface area contributed by atoms with Gasteiger partial charge in [0.25, 0.3) is 0 Å². The zero-order valence-corrected chi connectivity index (χ0v) is 11.7. The van der Waals surface area contributed by atoms with Crippen LogP contribution >= 0.6 is 0 Å². The topological polar surface area (TPSA) is 59.0 Å². The molecule has 110 valence electrons. The van der Waals surface area contributed by atoms with Crippen molar-refractivity contribution in [2.75, 3.05) is 26.8 Å². The summed E-state index contributed by atoms with van der Waals surface area (Å²) in [5.41, 5.74) is 0.468. The number of nitrogens with zero attached hydrogens (tertiary/aromatic N) is 1. The van der Waals surface area contributed by atoms with Gasteiger partial charge in [-0.05, 0) is 18.4 Å². The summed E-state index contributed by atoms with van der Waals surface area (Å²) in [7, 11) is 1.60. The van der Waals surface area contributed by atoms with Crippen molar-refractivity contribution in [1.29, 1.82) is 0 Å². The number of rotatable bonds is 4. The van der Waals surface area contributed by atoms with Gasteiger partial charge in [-0.15, -0.1) is 0 Å². The fourth-order valence-electron chi connectivity index (χ4n) is 2.33. The second kappa shape index (κ2) is 6.72. The highest BCUT2D eigenvalue weighted by molar-refractivity contribution is 5.67. The third kappa shape index (κ3) is 3.49. The SMILES string of the molecule is COC1(CO)CCN(C(=O)OCc2ccccc2)CC1. The second-order valence-corrected chi connectivity index (χ2v) is 5.07. The molecule has 0 spiro atoms. The lowest BCUT2D eigenvalue weighted by molar-refractivity contribution is -0.0867. The Kier molecular flexibility index (Phi) is 4.98. The van der Waals surface area contributed by atoms with Gasteiger partial charge in [0.15, 0.2) is 0 Å². The number of aliphatic hydroxyl groups is 1. The smallest absolute Gasteiger partial charge is 0.410 e. The number of carbonyl (C=O) groups excluding carboxylic acids is 1. The molecule has 20 heavy (non-hydrogen) atoms. The Morgan fingerprint density at radius 1 is 1.30 bits per heavy atom. The minimum atomic E-state index is -0.504. The molecule has 1 fully saturated rings. The van der Waals surface area contributed by atoms with Crippen LogP contribution in [0, 0.1) is 0 Å². The summed E-state index contributed by atoms with van der Waals surface area (Å²) < 4.78 is 10.6. The monoisotopic (exact) mass is 279 g/mol. The molecule has 0 atom stereocenters. The first kappa shape index (κ1) is 14.8. The van der Waals surface area contributed by atoms with Gasteiger partial charge in [-0.2, -0.15) is 0 Å². The number of methoxy groups -OCH3 is 1. The number of benzene rings is 1. The van der Waals surface area contributed by atoms with E-state index in [1.807, 2.05) is 30.3 Å². The second-order valence-electron chi connectivity index (χ2n) is 5.07. The standard InChI is InChI=1S/C15H21NO4/c1-19-15(12-17)7-9-16(10-8-15)14(18)20-11-13-5-3-2-4-6-13/h2-6,17H,7-12H2,1H3. The molecule has 1 N–H and O–H groups in total. The summed E-state index contributed by atoms with van der Waals surface area (Å²) in [6.45, 7) is 1.35. The first-order valence-electron chi connectivity index (χ1n) is 6.81. The minimum Gasteiger partial charge on any atom is -0.445 e. The van der Waals surface area contributed by atoms with Crippen LogP contribution in [0.15, 0.2) is 30.3 Å². The minimum absolute atomic E-state index is 0.0175. The van der Waals surface area contributed by atoms with Crippen molar-refractivity contribution in [3.8, 4) is 0 Å². The molecule has 0 bridgehead atoms. The highest BCUT2D eigenvalue weighted by Gasteiger charge is 2.35. The van der Waals surface area contributed by atoms with Crippen LogP contribution in [0.5, 0.6) is 0 Å². The molecule has 1 aliphatic rings. The van der Waals surface area contributed by atoms with Crippen LogP contribution in [-0.4, -0.2) is 48.5 Å². The van der Waals surface area contributed by atoms with Gasteiger partial charge in [0.05, 0.1) is 12.2 Å². The summed E-state index contributed by atoms with van der Waals surface area (Å²) in [6, 6.07) is 9.60. The van der Waals surface area contributed by atoms with Gasteiger partial charge in [0, 0.05) is 20.2 Å². The van der Waals surface area contributed by atoms with E-state index < -0.39 is 5.60 Å². The fourth-order valence-corrected chi connectivity index (χ4v) is 2.33. The molecule has 1 aromatic carbocycles. The molecular formula is C15H21NO4. The molecule has 0 unspecified atom stereocenters. The van der Waals surface area contributed by atoms with Crippen molar-refractivity contribution < 1.29 is 19.4 Å². The molecule has 1 amide bonds. The van der Waals surface area contributed by atoms with E-state index in [4.69, 9.17) is 9.47 Å². The van der Waals surface area contributed by atoms with E-state index in [2.05, 4.69) is 0 Å². The highest BCUT2D eigenvalue weighted by atomic mass is 16.6. The molecule has 1 saturated heterocycles. The van der Waals surface area contributed by atoms with Gasteiger partial charge >= 0.3 is 6.09 Å². The molecule has 0 saturated carbocycles. The lowest BCUT2D eigenvalue weighted by atomic mass is 9.92. The van der Waals surface area contributed by atoms with E-state index in [1.165, 1.54) is 0 Å². The van der Waals surface area contributed by atoms with Crippen LogP contribution in [0.3, 0.4) is 0 Å². The molecule has 1 aromatic rings. The Labute approximate surface area is 119 Å². The first-order valence-corrected chi connectivity index (χ1v) is 6.81. The predicted octanol–water partition coefficient (Wildman–Crippen LogP) is 1.80. The molecule has 0 aromatic heterocycles. The van der Waals surface area contributed by atoms with E-state index in [0.717, 1.165) is 5.56 Å². The Morgan fingerprint density at radius 3 is 2.50 bits per heavy atom. The van der Waals surface area contributed by atoms with Crippen molar-refractivity contribution >= 4 is 6.09 Å². The summed E-state index contributed by atoms with van der Waals surface area (Å²) in [4.78, 5) is 13.6. The maximum Gasteiger partial charge on any atom is 0.410 e. The molecule has 0 radical (unpaired) electrons. The van der Waals surface area contributed by atoms with Gasteiger partial charge in [-0.25, -0.2) is 4.79 Å². The van der Waals surface area contributed by atoms with Crippen molar-refractivity contribution in [2.24, 2.45) is 0 Å². The normalized spacial score (nSPS) is 17.8. The summed E-state index contributed by atoms with van der Waals surface area (Å²) in [5, 5.41) is 9.36. The largest absolute Gasteiger partial charge is 0.445 e. The van der Waals surface area contributed by atoms with Gasteiger partial charge in [0.1, 0.15) is 6.61 Å². The van der Waals surface area contributed by atoms with E-state index in [-0.39, 0.29) is 19.3 Å². The number of hydrogen-bond acceptors (Lipinski definition) is 4. The molecule has 1 heterocycles. The van der Waals surface area contributed by atoms with Gasteiger partial charge in [0.2, 0.25) is 0 Å². The summed E-state index contributed by atoms with van der Waals surface area (Å²) >= 11 is 0. The zero-order chi connectivity index (χ0) is 14.4. The van der Waals surface area contributed by atoms with Gasteiger partial charge < -0.3 is 19.5 Å². The van der Waals surface area contributed by atoms with E-state index in [1.54, 1.807) is 12.0 Å². The zero-order valence-electron chi connectivity index (χ0n) is 11.7. The fraction of sp³-hybridized carbons (Fsp3) is 0.533. The highest BCUT2D eigenvalue weighted by Crippen LogP contribution is 2.25.